The van der Waals surface area contributed by atoms with Gasteiger partial charge in [0.1, 0.15) is 0 Å². The molecule has 0 saturated heterocycles. The lowest BCUT2D eigenvalue weighted by Gasteiger charge is -2.55. The minimum absolute atomic E-state index is 0.0257. The fraction of sp³-hybridized carbons (Fsp3) is 0.550. The van der Waals surface area contributed by atoms with Gasteiger partial charge < -0.3 is 4.42 Å². The molecule has 1 saturated carbocycles. The molecule has 0 N–H and O–H groups in total. The normalized spacial score (nSPS) is 34.5. The zero-order chi connectivity index (χ0) is 16.0. The van der Waals surface area contributed by atoms with E-state index in [9.17, 15) is 4.79 Å². The maximum Gasteiger partial charge on any atom is 0.159 e. The third kappa shape index (κ3) is 2.39. The third-order valence-corrected chi connectivity index (χ3v) is 5.86. The summed E-state index contributed by atoms with van der Waals surface area (Å²) in [6, 6.07) is 1.97. The predicted octanol–water partition coefficient (Wildman–Crippen LogP) is 5.27. The van der Waals surface area contributed by atoms with Crippen molar-refractivity contribution in [1.29, 1.82) is 0 Å². The lowest BCUT2D eigenvalue weighted by Crippen LogP contribution is -2.52. The van der Waals surface area contributed by atoms with Gasteiger partial charge in [0, 0.05) is 17.4 Å². The van der Waals surface area contributed by atoms with Crippen LogP contribution in [0, 0.1) is 22.7 Å². The maximum atomic E-state index is 12.7. The van der Waals surface area contributed by atoms with Gasteiger partial charge in [0.05, 0.1) is 12.5 Å². The highest BCUT2D eigenvalue weighted by Gasteiger charge is 2.54. The van der Waals surface area contributed by atoms with Crippen LogP contribution in [0.3, 0.4) is 0 Å². The van der Waals surface area contributed by atoms with Gasteiger partial charge in [-0.1, -0.05) is 44.9 Å². The molecule has 3 rings (SSSR count). The van der Waals surface area contributed by atoms with Gasteiger partial charge in [0.15, 0.2) is 5.78 Å². The van der Waals surface area contributed by atoms with E-state index in [0.717, 1.165) is 18.4 Å². The van der Waals surface area contributed by atoms with Crippen LogP contribution >= 0.6 is 0 Å². The molecule has 0 bridgehead atoms. The van der Waals surface area contributed by atoms with E-state index in [1.165, 1.54) is 12.0 Å². The summed E-state index contributed by atoms with van der Waals surface area (Å²) in [6.45, 7) is 8.94. The largest absolute Gasteiger partial charge is 0.472 e. The minimum atomic E-state index is 0.0257. The molecule has 0 radical (unpaired) electrons. The Kier molecular flexibility index (Phi) is 3.66. The molecular formula is C20H26O2. The lowest BCUT2D eigenvalue weighted by molar-refractivity contribution is -0.134. The Labute approximate surface area is 133 Å². The van der Waals surface area contributed by atoms with Crippen LogP contribution in [0.5, 0.6) is 0 Å². The third-order valence-electron chi connectivity index (χ3n) is 5.86. The van der Waals surface area contributed by atoms with Crippen LogP contribution in [0.4, 0.5) is 0 Å². The topological polar surface area (TPSA) is 30.2 Å². The first-order valence-corrected chi connectivity index (χ1v) is 8.27. The zero-order valence-electron chi connectivity index (χ0n) is 14.1. The fourth-order valence-corrected chi connectivity index (χ4v) is 5.02. The molecule has 22 heavy (non-hydrogen) atoms. The van der Waals surface area contributed by atoms with Crippen LogP contribution in [0.1, 0.15) is 52.5 Å². The number of furan rings is 1. The van der Waals surface area contributed by atoms with Crippen molar-refractivity contribution in [3.05, 3.63) is 41.9 Å². The van der Waals surface area contributed by atoms with Gasteiger partial charge in [-0.2, -0.15) is 0 Å². The molecule has 0 unspecified atom stereocenters. The number of fused-ring (bicyclic) bond motifs is 1. The average Bonchev–Trinajstić information content (AvgIpc) is 2.89. The molecule has 2 heteroatoms. The Balaban J connectivity index is 2.01. The number of ketones is 1. The van der Waals surface area contributed by atoms with Crippen molar-refractivity contribution in [1.82, 2.24) is 0 Å². The summed E-state index contributed by atoms with van der Waals surface area (Å²) in [4.78, 5) is 12.7. The maximum absolute atomic E-state index is 12.7. The summed E-state index contributed by atoms with van der Waals surface area (Å²) in [6.07, 6.45) is 13.2. The molecule has 2 nitrogen and oxygen atoms in total. The summed E-state index contributed by atoms with van der Waals surface area (Å²) in [7, 11) is 0. The molecular weight excluding hydrogens is 272 g/mol. The Morgan fingerprint density at radius 1 is 1.27 bits per heavy atom. The van der Waals surface area contributed by atoms with E-state index >= 15 is 0 Å². The summed E-state index contributed by atoms with van der Waals surface area (Å²) in [5, 5.41) is 0. The van der Waals surface area contributed by atoms with E-state index in [1.807, 2.05) is 12.1 Å². The SMILES string of the molecule is CC1=CC(=O)[C@H]2C(C)(C)CCC[C@]2(C)[C@H]1/C=C/c1ccoc1. The van der Waals surface area contributed by atoms with E-state index in [2.05, 4.69) is 39.8 Å². The van der Waals surface area contributed by atoms with Gasteiger partial charge in [0.2, 0.25) is 0 Å². The Morgan fingerprint density at radius 2 is 2.05 bits per heavy atom. The highest BCUT2D eigenvalue weighted by molar-refractivity contribution is 5.95. The van der Waals surface area contributed by atoms with Crippen LogP contribution in [0.25, 0.3) is 6.08 Å². The second-order valence-electron chi connectivity index (χ2n) is 7.97. The number of hydrogen-bond acceptors (Lipinski definition) is 2. The molecule has 118 valence electrons. The van der Waals surface area contributed by atoms with Crippen LogP contribution in [-0.4, -0.2) is 5.78 Å². The first kappa shape index (κ1) is 15.3. The van der Waals surface area contributed by atoms with Gasteiger partial charge in [0.25, 0.3) is 0 Å². The van der Waals surface area contributed by atoms with Crippen molar-refractivity contribution < 1.29 is 9.21 Å². The second-order valence-corrected chi connectivity index (χ2v) is 7.97. The molecule has 1 aromatic heterocycles. The monoisotopic (exact) mass is 298 g/mol. The number of hydrogen-bond donors (Lipinski definition) is 0. The molecule has 2 aliphatic carbocycles. The van der Waals surface area contributed by atoms with E-state index in [0.29, 0.717) is 11.7 Å². The van der Waals surface area contributed by atoms with Gasteiger partial charge in [-0.25, -0.2) is 0 Å². The van der Waals surface area contributed by atoms with Gasteiger partial charge in [-0.05, 0) is 42.7 Å². The van der Waals surface area contributed by atoms with Gasteiger partial charge in [-0.3, -0.25) is 4.79 Å². The molecule has 2 aliphatic rings. The van der Waals surface area contributed by atoms with Crippen molar-refractivity contribution in [2.24, 2.45) is 22.7 Å². The molecule has 1 aromatic rings. The van der Waals surface area contributed by atoms with Crippen molar-refractivity contribution in [2.45, 2.75) is 47.0 Å². The first-order valence-electron chi connectivity index (χ1n) is 8.27. The minimum Gasteiger partial charge on any atom is -0.472 e. The summed E-state index contributed by atoms with van der Waals surface area (Å²) < 4.78 is 5.14. The van der Waals surface area contributed by atoms with Crippen molar-refractivity contribution in [2.75, 3.05) is 0 Å². The van der Waals surface area contributed by atoms with Gasteiger partial charge >= 0.3 is 0 Å². The van der Waals surface area contributed by atoms with E-state index in [4.69, 9.17) is 4.42 Å². The molecule has 1 heterocycles. The van der Waals surface area contributed by atoms with Crippen LogP contribution in [0.2, 0.25) is 0 Å². The number of rotatable bonds is 2. The lowest BCUT2D eigenvalue weighted by atomic mass is 9.48. The van der Waals surface area contributed by atoms with Crippen LogP contribution in [0.15, 0.2) is 40.7 Å². The predicted molar refractivity (Wildman–Crippen MR) is 89.2 cm³/mol. The number of allylic oxidation sites excluding steroid dienone is 3. The quantitative estimate of drug-likeness (QED) is 0.744. The molecule has 1 fully saturated rings. The fourth-order valence-electron chi connectivity index (χ4n) is 5.02. The summed E-state index contributed by atoms with van der Waals surface area (Å²) in [5.41, 5.74) is 2.39. The number of carbonyl (C=O) groups is 1. The average molecular weight is 298 g/mol. The summed E-state index contributed by atoms with van der Waals surface area (Å²) in [5.74, 6) is 0.777. The first-order chi connectivity index (χ1) is 10.3. The van der Waals surface area contributed by atoms with Crippen LogP contribution < -0.4 is 0 Å². The standard InChI is InChI=1S/C20H26O2/c1-14-12-17(21)18-19(2,3)9-5-10-20(18,4)16(14)7-6-15-8-11-22-13-15/h6-8,11-13,16,18H,5,9-10H2,1-4H3/b7-6+/t16-,18-,20+/m0/s1. The Bertz CT molecular complexity index is 618. The van der Waals surface area contributed by atoms with Gasteiger partial charge in [-0.15, -0.1) is 0 Å². The van der Waals surface area contributed by atoms with Crippen molar-refractivity contribution in [3.8, 4) is 0 Å². The molecule has 0 amide bonds. The number of carbonyl (C=O) groups excluding carboxylic acids is 1. The molecule has 0 aliphatic heterocycles. The Hall–Kier alpha value is -1.57. The molecule has 0 spiro atoms. The van der Waals surface area contributed by atoms with E-state index in [-0.39, 0.29) is 16.7 Å². The van der Waals surface area contributed by atoms with Crippen molar-refractivity contribution in [3.63, 3.8) is 0 Å². The second kappa shape index (κ2) is 5.26. The smallest absolute Gasteiger partial charge is 0.159 e. The van der Waals surface area contributed by atoms with E-state index < -0.39 is 0 Å². The van der Waals surface area contributed by atoms with Crippen molar-refractivity contribution >= 4 is 11.9 Å². The summed E-state index contributed by atoms with van der Waals surface area (Å²) >= 11 is 0. The highest BCUT2D eigenvalue weighted by Crippen LogP contribution is 2.58. The highest BCUT2D eigenvalue weighted by atomic mass is 16.3. The zero-order valence-corrected chi connectivity index (χ0v) is 14.1. The Morgan fingerprint density at radius 3 is 2.73 bits per heavy atom. The molecule has 0 aromatic carbocycles. The van der Waals surface area contributed by atoms with E-state index in [1.54, 1.807) is 12.5 Å². The molecule has 3 atom stereocenters. The van der Waals surface area contributed by atoms with Crippen LogP contribution in [-0.2, 0) is 4.79 Å².